The Bertz CT molecular complexity index is 689. The quantitative estimate of drug-likeness (QED) is 0.843. The number of carbonyl (C=O) groups is 1. The average molecular weight is 365 g/mol. The first-order valence-corrected chi connectivity index (χ1v) is 7.39. The van der Waals surface area contributed by atoms with Crippen molar-refractivity contribution in [1.82, 2.24) is 0 Å². The van der Waals surface area contributed by atoms with Crippen LogP contribution in [-0.4, -0.2) is 20.3 Å². The summed E-state index contributed by atoms with van der Waals surface area (Å²) >= 11 is 3.42. The van der Waals surface area contributed by atoms with Crippen LogP contribution in [0.5, 0.6) is 11.5 Å². The topological polar surface area (TPSA) is 59.6 Å². The Morgan fingerprint density at radius 1 is 1.00 bits per heavy atom. The molecule has 0 saturated carbocycles. The van der Waals surface area contributed by atoms with Crippen molar-refractivity contribution < 1.29 is 14.3 Å². The second-order valence-electron chi connectivity index (χ2n) is 4.63. The van der Waals surface area contributed by atoms with E-state index in [2.05, 4.69) is 26.6 Å². The molecule has 116 valence electrons. The van der Waals surface area contributed by atoms with Gasteiger partial charge >= 0.3 is 6.03 Å². The number of rotatable bonds is 4. The Morgan fingerprint density at radius 2 is 1.73 bits per heavy atom. The minimum Gasteiger partial charge on any atom is -0.497 e. The van der Waals surface area contributed by atoms with E-state index in [0.29, 0.717) is 22.9 Å². The molecule has 0 radical (unpaired) electrons. The number of hydrogen-bond acceptors (Lipinski definition) is 3. The maximum absolute atomic E-state index is 12.1. The first-order chi connectivity index (χ1) is 10.5. The molecule has 22 heavy (non-hydrogen) atoms. The number of urea groups is 1. The van der Waals surface area contributed by atoms with Crippen LogP contribution in [0.25, 0.3) is 0 Å². The number of methoxy groups -OCH3 is 2. The van der Waals surface area contributed by atoms with Gasteiger partial charge in [-0.05, 0) is 52.7 Å². The number of aryl methyl sites for hydroxylation is 1. The van der Waals surface area contributed by atoms with Crippen molar-refractivity contribution in [2.24, 2.45) is 0 Å². The van der Waals surface area contributed by atoms with Gasteiger partial charge in [0, 0.05) is 10.5 Å². The maximum Gasteiger partial charge on any atom is 0.323 e. The summed E-state index contributed by atoms with van der Waals surface area (Å²) in [5.74, 6) is 1.19. The first kappa shape index (κ1) is 16.2. The minimum atomic E-state index is -0.365. The zero-order valence-corrected chi connectivity index (χ0v) is 14.2. The largest absolute Gasteiger partial charge is 0.497 e. The molecule has 2 N–H and O–H groups in total. The Kier molecular flexibility index (Phi) is 5.27. The highest BCUT2D eigenvalue weighted by molar-refractivity contribution is 9.10. The predicted molar refractivity (Wildman–Crippen MR) is 91.1 cm³/mol. The number of benzene rings is 2. The summed E-state index contributed by atoms with van der Waals surface area (Å²) in [4.78, 5) is 12.1. The molecule has 0 spiro atoms. The van der Waals surface area contributed by atoms with E-state index in [1.54, 1.807) is 32.4 Å². The molecule has 6 heteroatoms. The minimum absolute atomic E-state index is 0.365. The van der Waals surface area contributed by atoms with Gasteiger partial charge in [0.15, 0.2) is 0 Å². The molecular weight excluding hydrogens is 348 g/mol. The predicted octanol–water partition coefficient (Wildman–Crippen LogP) is 4.42. The molecule has 0 aliphatic carbocycles. The fourth-order valence-corrected chi connectivity index (χ4v) is 2.50. The van der Waals surface area contributed by atoms with Crippen molar-refractivity contribution in [2.45, 2.75) is 6.92 Å². The smallest absolute Gasteiger partial charge is 0.323 e. The lowest BCUT2D eigenvalue weighted by atomic mass is 10.2. The summed E-state index contributed by atoms with van der Waals surface area (Å²) in [6, 6.07) is 10.5. The molecule has 0 bridgehead atoms. The van der Waals surface area contributed by atoms with Gasteiger partial charge in [0.2, 0.25) is 0 Å². The van der Waals surface area contributed by atoms with Crippen LogP contribution in [0.1, 0.15) is 5.56 Å². The van der Waals surface area contributed by atoms with Crippen molar-refractivity contribution >= 4 is 33.3 Å². The Morgan fingerprint density at radius 3 is 2.36 bits per heavy atom. The molecule has 2 amide bonds. The molecule has 0 aliphatic rings. The number of amides is 2. The van der Waals surface area contributed by atoms with E-state index in [1.165, 1.54) is 0 Å². The third kappa shape index (κ3) is 3.92. The van der Waals surface area contributed by atoms with E-state index < -0.39 is 0 Å². The highest BCUT2D eigenvalue weighted by Crippen LogP contribution is 2.29. The maximum atomic E-state index is 12.1. The van der Waals surface area contributed by atoms with Gasteiger partial charge in [0.1, 0.15) is 11.5 Å². The van der Waals surface area contributed by atoms with Crippen LogP contribution in [0.3, 0.4) is 0 Å². The molecule has 2 aromatic rings. The number of carbonyl (C=O) groups excluding carboxylic acids is 1. The van der Waals surface area contributed by atoms with Gasteiger partial charge in [-0.25, -0.2) is 4.79 Å². The van der Waals surface area contributed by atoms with Gasteiger partial charge in [-0.3, -0.25) is 0 Å². The number of ether oxygens (including phenoxy) is 2. The second kappa shape index (κ2) is 7.17. The summed E-state index contributed by atoms with van der Waals surface area (Å²) in [5.41, 5.74) is 2.32. The summed E-state index contributed by atoms with van der Waals surface area (Å²) in [6.45, 7) is 1.98. The number of anilines is 2. The van der Waals surface area contributed by atoms with E-state index in [1.807, 2.05) is 25.1 Å². The van der Waals surface area contributed by atoms with Crippen LogP contribution in [0.15, 0.2) is 40.9 Å². The molecular formula is C16H17BrN2O3. The average Bonchev–Trinajstić information content (AvgIpc) is 2.50. The highest BCUT2D eigenvalue weighted by Gasteiger charge is 2.10. The van der Waals surface area contributed by atoms with E-state index in [4.69, 9.17) is 9.47 Å². The van der Waals surface area contributed by atoms with Crippen LogP contribution in [-0.2, 0) is 0 Å². The van der Waals surface area contributed by atoms with Crippen molar-refractivity contribution in [3.8, 4) is 11.5 Å². The molecule has 0 aliphatic heterocycles. The van der Waals surface area contributed by atoms with Crippen LogP contribution >= 0.6 is 15.9 Å². The Hall–Kier alpha value is -2.21. The van der Waals surface area contributed by atoms with Crippen LogP contribution in [0, 0.1) is 6.92 Å². The van der Waals surface area contributed by atoms with Gasteiger partial charge in [-0.2, -0.15) is 0 Å². The highest BCUT2D eigenvalue weighted by atomic mass is 79.9. The Balaban J connectivity index is 2.14. The van der Waals surface area contributed by atoms with Crippen LogP contribution in [0.4, 0.5) is 16.2 Å². The molecule has 2 rings (SSSR count). The first-order valence-electron chi connectivity index (χ1n) is 6.59. The van der Waals surface area contributed by atoms with Crippen molar-refractivity contribution in [3.63, 3.8) is 0 Å². The van der Waals surface area contributed by atoms with Gasteiger partial charge < -0.3 is 20.1 Å². The lowest BCUT2D eigenvalue weighted by molar-refractivity contribution is 0.262. The molecule has 0 saturated heterocycles. The van der Waals surface area contributed by atoms with Crippen molar-refractivity contribution in [2.75, 3.05) is 24.9 Å². The molecule has 0 heterocycles. The van der Waals surface area contributed by atoms with Crippen molar-refractivity contribution in [3.05, 3.63) is 46.4 Å². The number of hydrogen-bond donors (Lipinski definition) is 2. The summed E-state index contributed by atoms with van der Waals surface area (Å²) in [6.07, 6.45) is 0. The van der Waals surface area contributed by atoms with Gasteiger partial charge in [0.25, 0.3) is 0 Å². The lowest BCUT2D eigenvalue weighted by Crippen LogP contribution is -2.20. The summed E-state index contributed by atoms with van der Waals surface area (Å²) in [7, 11) is 3.11. The molecule has 0 aromatic heterocycles. The summed E-state index contributed by atoms with van der Waals surface area (Å²) in [5, 5.41) is 5.53. The molecule has 0 fully saturated rings. The van der Waals surface area contributed by atoms with E-state index in [9.17, 15) is 4.79 Å². The lowest BCUT2D eigenvalue weighted by Gasteiger charge is -2.13. The van der Waals surface area contributed by atoms with Crippen LogP contribution < -0.4 is 20.1 Å². The Labute approximate surface area is 137 Å². The van der Waals surface area contributed by atoms with Gasteiger partial charge in [-0.15, -0.1) is 0 Å². The standard InChI is InChI=1S/C16H17BrN2O3/c1-10-4-6-13(12(17)8-10)18-16(20)19-14-9-11(21-2)5-7-15(14)22-3/h4-9H,1-3H3,(H2,18,19,20). The molecule has 0 unspecified atom stereocenters. The SMILES string of the molecule is COc1ccc(OC)c(NC(=O)Nc2ccc(C)cc2Br)c1. The van der Waals surface area contributed by atoms with E-state index in [-0.39, 0.29) is 6.03 Å². The number of halogens is 1. The summed E-state index contributed by atoms with van der Waals surface area (Å²) < 4.78 is 11.2. The fraction of sp³-hybridized carbons (Fsp3) is 0.188. The van der Waals surface area contributed by atoms with E-state index >= 15 is 0 Å². The number of nitrogens with one attached hydrogen (secondary N) is 2. The third-order valence-corrected chi connectivity index (χ3v) is 3.68. The molecule has 0 atom stereocenters. The molecule has 5 nitrogen and oxygen atoms in total. The fourth-order valence-electron chi connectivity index (χ4n) is 1.91. The second-order valence-corrected chi connectivity index (χ2v) is 5.48. The monoisotopic (exact) mass is 364 g/mol. The zero-order valence-electron chi connectivity index (χ0n) is 12.6. The van der Waals surface area contributed by atoms with Gasteiger partial charge in [0.05, 0.1) is 25.6 Å². The third-order valence-electron chi connectivity index (χ3n) is 3.03. The van der Waals surface area contributed by atoms with Crippen LogP contribution in [0.2, 0.25) is 0 Å². The normalized spacial score (nSPS) is 10.0. The molecule has 2 aromatic carbocycles. The van der Waals surface area contributed by atoms with E-state index in [0.717, 1.165) is 10.0 Å². The van der Waals surface area contributed by atoms with Gasteiger partial charge in [-0.1, -0.05) is 6.07 Å². The zero-order chi connectivity index (χ0) is 16.1. The van der Waals surface area contributed by atoms with Crippen molar-refractivity contribution in [1.29, 1.82) is 0 Å².